The van der Waals surface area contributed by atoms with E-state index in [1.807, 2.05) is 0 Å². The predicted molar refractivity (Wildman–Crippen MR) is 56.1 cm³/mol. The molecule has 0 aromatic heterocycles. The number of aliphatic hydroxyl groups is 1. The third-order valence-corrected chi connectivity index (χ3v) is 3.34. The van der Waals surface area contributed by atoms with Gasteiger partial charge in [0.1, 0.15) is 0 Å². The molecule has 1 fully saturated rings. The molecule has 1 aliphatic carbocycles. The second-order valence-electron chi connectivity index (χ2n) is 4.38. The van der Waals surface area contributed by atoms with Gasteiger partial charge in [-0.25, -0.2) is 0 Å². The lowest BCUT2D eigenvalue weighted by atomic mass is 9.86. The predicted octanol–water partition coefficient (Wildman–Crippen LogP) is 1.83. The minimum atomic E-state index is -0.212. The van der Waals surface area contributed by atoms with Crippen molar-refractivity contribution in [3.63, 3.8) is 0 Å². The van der Waals surface area contributed by atoms with Gasteiger partial charge in [-0.05, 0) is 45.1 Å². The van der Waals surface area contributed by atoms with Gasteiger partial charge < -0.3 is 10.0 Å². The highest BCUT2D eigenvalue weighted by Gasteiger charge is 2.22. The fourth-order valence-corrected chi connectivity index (χ4v) is 2.26. The van der Waals surface area contributed by atoms with Crippen molar-refractivity contribution in [2.24, 2.45) is 5.92 Å². The number of alkyl halides is 1. The van der Waals surface area contributed by atoms with E-state index in [2.05, 4.69) is 11.9 Å². The van der Waals surface area contributed by atoms with Crippen LogP contribution in [0.1, 0.15) is 32.1 Å². The van der Waals surface area contributed by atoms with Gasteiger partial charge in [-0.2, -0.15) is 0 Å². The molecule has 0 saturated heterocycles. The average molecular weight is 203 g/mol. The number of hydrogen-bond donors (Lipinski definition) is 1. The van der Waals surface area contributed by atoms with Gasteiger partial charge in [0.25, 0.3) is 0 Å². The Labute approximate surface area is 86.1 Å². The molecule has 1 N–H and O–H groups in total. The monoisotopic (exact) mass is 203 g/mol. The molecule has 0 aromatic rings. The van der Waals surface area contributed by atoms with Gasteiger partial charge in [-0.1, -0.05) is 0 Å². The highest BCUT2D eigenvalue weighted by Crippen LogP contribution is 2.26. The van der Waals surface area contributed by atoms with E-state index in [9.17, 15) is 4.39 Å². The van der Waals surface area contributed by atoms with Gasteiger partial charge in [-0.3, -0.25) is 4.39 Å². The van der Waals surface area contributed by atoms with Gasteiger partial charge in [0.05, 0.1) is 6.67 Å². The van der Waals surface area contributed by atoms with Crippen molar-refractivity contribution in [3.05, 3.63) is 0 Å². The molecule has 14 heavy (non-hydrogen) atoms. The van der Waals surface area contributed by atoms with Crippen LogP contribution in [-0.2, 0) is 0 Å². The smallest absolute Gasteiger partial charge is 0.0906 e. The van der Waals surface area contributed by atoms with Gasteiger partial charge in [0.2, 0.25) is 0 Å². The average Bonchev–Trinajstić information content (AvgIpc) is 2.26. The highest BCUT2D eigenvalue weighted by atomic mass is 19.1. The molecule has 3 heteroatoms. The lowest BCUT2D eigenvalue weighted by Gasteiger charge is -2.34. The first-order valence-electron chi connectivity index (χ1n) is 5.65. The summed E-state index contributed by atoms with van der Waals surface area (Å²) in [6.07, 6.45) is 5.22. The Hall–Kier alpha value is -0.150. The van der Waals surface area contributed by atoms with Crippen LogP contribution in [0.5, 0.6) is 0 Å². The fourth-order valence-electron chi connectivity index (χ4n) is 2.26. The van der Waals surface area contributed by atoms with Crippen molar-refractivity contribution in [1.82, 2.24) is 4.90 Å². The van der Waals surface area contributed by atoms with Crippen LogP contribution in [-0.4, -0.2) is 42.9 Å². The van der Waals surface area contributed by atoms with Crippen LogP contribution in [0.4, 0.5) is 4.39 Å². The summed E-state index contributed by atoms with van der Waals surface area (Å²) in [5.74, 6) is 0.515. The maximum atomic E-state index is 12.0. The fraction of sp³-hybridized carbons (Fsp3) is 1.00. The number of hydrogen-bond acceptors (Lipinski definition) is 2. The van der Waals surface area contributed by atoms with E-state index in [1.165, 1.54) is 0 Å². The van der Waals surface area contributed by atoms with Crippen LogP contribution in [0.25, 0.3) is 0 Å². The molecular weight excluding hydrogens is 181 g/mol. The molecule has 0 atom stereocenters. The molecule has 1 saturated carbocycles. The summed E-state index contributed by atoms with van der Waals surface area (Å²) in [5.41, 5.74) is 0. The Kier molecular flexibility index (Phi) is 5.41. The molecule has 1 aliphatic rings. The Bertz CT molecular complexity index is 146. The topological polar surface area (TPSA) is 23.5 Å². The maximum absolute atomic E-state index is 12.0. The normalized spacial score (nSPS) is 28.3. The summed E-state index contributed by atoms with van der Waals surface area (Å²) in [7, 11) is 2.08. The molecule has 0 amide bonds. The molecule has 0 bridgehead atoms. The Morgan fingerprint density at radius 3 is 2.43 bits per heavy atom. The number of halogens is 1. The Morgan fingerprint density at radius 2 is 1.93 bits per heavy atom. The lowest BCUT2D eigenvalue weighted by Crippen LogP contribution is -2.36. The van der Waals surface area contributed by atoms with Gasteiger partial charge in [-0.15, -0.1) is 0 Å². The van der Waals surface area contributed by atoms with E-state index < -0.39 is 0 Å². The second kappa shape index (κ2) is 6.36. The molecule has 0 unspecified atom stereocenters. The van der Waals surface area contributed by atoms with E-state index in [4.69, 9.17) is 5.11 Å². The molecule has 1 rings (SSSR count). The molecule has 2 nitrogen and oxygen atoms in total. The van der Waals surface area contributed by atoms with Crippen molar-refractivity contribution >= 4 is 0 Å². The van der Waals surface area contributed by atoms with E-state index in [0.717, 1.165) is 32.2 Å². The number of rotatable bonds is 5. The molecule has 0 heterocycles. The van der Waals surface area contributed by atoms with Crippen molar-refractivity contribution in [2.45, 2.75) is 38.1 Å². The van der Waals surface area contributed by atoms with Crippen molar-refractivity contribution in [3.8, 4) is 0 Å². The van der Waals surface area contributed by atoms with Gasteiger partial charge in [0, 0.05) is 19.2 Å². The molecule has 0 radical (unpaired) electrons. The lowest BCUT2D eigenvalue weighted by molar-refractivity contribution is 0.126. The third-order valence-electron chi connectivity index (χ3n) is 3.34. The van der Waals surface area contributed by atoms with E-state index in [0.29, 0.717) is 25.0 Å². The summed E-state index contributed by atoms with van der Waals surface area (Å²) >= 11 is 0. The first kappa shape index (κ1) is 11.9. The minimum Gasteiger partial charge on any atom is -0.396 e. The van der Waals surface area contributed by atoms with Crippen LogP contribution in [0, 0.1) is 5.92 Å². The summed E-state index contributed by atoms with van der Waals surface area (Å²) < 4.78 is 12.0. The van der Waals surface area contributed by atoms with Gasteiger partial charge in [0.15, 0.2) is 0 Å². The van der Waals surface area contributed by atoms with Crippen LogP contribution < -0.4 is 0 Å². The highest BCUT2D eigenvalue weighted by molar-refractivity contribution is 4.77. The van der Waals surface area contributed by atoms with Gasteiger partial charge >= 0.3 is 0 Å². The van der Waals surface area contributed by atoms with E-state index >= 15 is 0 Å². The summed E-state index contributed by atoms with van der Waals surface area (Å²) in [6.45, 7) is 0.988. The summed E-state index contributed by atoms with van der Waals surface area (Å²) in [6, 6.07) is 0.615. The minimum absolute atomic E-state index is 0.212. The van der Waals surface area contributed by atoms with E-state index in [1.54, 1.807) is 0 Å². The zero-order valence-electron chi connectivity index (χ0n) is 9.08. The zero-order valence-corrected chi connectivity index (χ0v) is 9.08. The van der Waals surface area contributed by atoms with Crippen LogP contribution >= 0.6 is 0 Å². The second-order valence-corrected chi connectivity index (χ2v) is 4.38. The van der Waals surface area contributed by atoms with Crippen molar-refractivity contribution in [2.75, 3.05) is 26.9 Å². The SMILES string of the molecule is CN(CCCF)C1CCC(CO)CC1. The molecule has 0 aromatic carbocycles. The molecule has 0 spiro atoms. The third kappa shape index (κ3) is 3.54. The number of nitrogens with zero attached hydrogens (tertiary/aromatic N) is 1. The largest absolute Gasteiger partial charge is 0.396 e. The summed E-state index contributed by atoms with van der Waals surface area (Å²) in [4.78, 5) is 2.27. The molecule has 84 valence electrons. The first-order valence-corrected chi connectivity index (χ1v) is 5.65. The Morgan fingerprint density at radius 1 is 1.29 bits per heavy atom. The maximum Gasteiger partial charge on any atom is 0.0906 e. The first-order chi connectivity index (χ1) is 6.77. The molecule has 0 aliphatic heterocycles. The quantitative estimate of drug-likeness (QED) is 0.737. The zero-order chi connectivity index (χ0) is 10.4. The van der Waals surface area contributed by atoms with Crippen LogP contribution in [0.2, 0.25) is 0 Å². The van der Waals surface area contributed by atoms with E-state index in [-0.39, 0.29) is 6.67 Å². The van der Waals surface area contributed by atoms with Crippen molar-refractivity contribution < 1.29 is 9.50 Å². The van der Waals surface area contributed by atoms with Crippen LogP contribution in [0.3, 0.4) is 0 Å². The van der Waals surface area contributed by atoms with Crippen LogP contribution in [0.15, 0.2) is 0 Å². The summed E-state index contributed by atoms with van der Waals surface area (Å²) in [5, 5.41) is 8.99. The molecular formula is C11H22FNO. The number of aliphatic hydroxyl groups excluding tert-OH is 1. The Balaban J connectivity index is 2.19. The van der Waals surface area contributed by atoms with Crippen molar-refractivity contribution in [1.29, 1.82) is 0 Å². The standard InChI is InChI=1S/C11H22FNO/c1-13(8-2-7-12)11-5-3-10(9-14)4-6-11/h10-11,14H,2-9H2,1H3.